The number of rotatable bonds is 6. The molecule has 0 saturated carbocycles. The molecule has 3 heterocycles. The Morgan fingerprint density at radius 2 is 1.97 bits per heavy atom. The Balaban J connectivity index is 1.40. The number of carbonyl (C=O) groups excluding carboxylic acids is 1. The van der Waals surface area contributed by atoms with Gasteiger partial charge in [0.15, 0.2) is 22.4 Å². The molecule has 0 N–H and O–H groups in total. The van der Waals surface area contributed by atoms with Crippen molar-refractivity contribution in [2.45, 2.75) is 0 Å². The Bertz CT molecular complexity index is 1210. The van der Waals surface area contributed by atoms with Crippen LogP contribution in [-0.4, -0.2) is 62.0 Å². The van der Waals surface area contributed by atoms with Crippen LogP contribution in [0.1, 0.15) is 5.56 Å². The fourth-order valence-corrected chi connectivity index (χ4v) is 4.74. The van der Waals surface area contributed by atoms with Gasteiger partial charge >= 0.3 is 0 Å². The molecule has 172 valence electrons. The molecule has 1 fully saturated rings. The number of morpholine rings is 1. The summed E-state index contributed by atoms with van der Waals surface area (Å²) in [4.78, 5) is 21.2. The fourth-order valence-electron chi connectivity index (χ4n) is 3.70. The van der Waals surface area contributed by atoms with Crippen LogP contribution in [0.5, 0.6) is 11.5 Å². The number of amides is 1. The summed E-state index contributed by atoms with van der Waals surface area (Å²) < 4.78 is 44.3. The van der Waals surface area contributed by atoms with E-state index in [4.69, 9.17) is 14.2 Å². The van der Waals surface area contributed by atoms with Crippen molar-refractivity contribution in [2.75, 3.05) is 51.1 Å². The van der Waals surface area contributed by atoms with Crippen LogP contribution in [0.3, 0.4) is 0 Å². The Morgan fingerprint density at radius 3 is 2.82 bits per heavy atom. The van der Waals surface area contributed by atoms with Gasteiger partial charge in [0.05, 0.1) is 17.9 Å². The minimum Gasteiger partial charge on any atom is -0.454 e. The highest BCUT2D eigenvalue weighted by Gasteiger charge is 2.22. The molecule has 2 aromatic carbocycles. The molecule has 0 unspecified atom stereocenters. The van der Waals surface area contributed by atoms with Crippen LogP contribution in [0, 0.1) is 11.6 Å². The third-order valence-electron chi connectivity index (χ3n) is 5.46. The number of hydrogen-bond acceptors (Lipinski definition) is 7. The van der Waals surface area contributed by atoms with Crippen molar-refractivity contribution in [3.05, 3.63) is 53.6 Å². The second-order valence-corrected chi connectivity index (χ2v) is 8.63. The lowest BCUT2D eigenvalue weighted by Gasteiger charge is -2.28. The predicted molar refractivity (Wildman–Crippen MR) is 121 cm³/mol. The summed E-state index contributed by atoms with van der Waals surface area (Å²) >= 11 is 1.09. The normalized spacial score (nSPS) is 16.1. The van der Waals surface area contributed by atoms with Gasteiger partial charge in [0.2, 0.25) is 6.79 Å². The van der Waals surface area contributed by atoms with E-state index in [-0.39, 0.29) is 18.2 Å². The zero-order valence-corrected chi connectivity index (χ0v) is 18.4. The Morgan fingerprint density at radius 1 is 1.15 bits per heavy atom. The zero-order valence-electron chi connectivity index (χ0n) is 17.6. The topological polar surface area (TPSA) is 64.1 Å². The summed E-state index contributed by atoms with van der Waals surface area (Å²) in [6, 6.07) is 7.43. The first kappa shape index (κ1) is 21.7. The molecule has 0 aliphatic carbocycles. The number of carbonyl (C=O) groups is 1. The molecule has 0 atom stereocenters. The van der Waals surface area contributed by atoms with Crippen LogP contribution in [0.15, 0.2) is 36.4 Å². The van der Waals surface area contributed by atoms with Crippen molar-refractivity contribution in [2.24, 2.45) is 0 Å². The first-order valence-corrected chi connectivity index (χ1v) is 11.3. The number of halogens is 2. The summed E-state index contributed by atoms with van der Waals surface area (Å²) in [6.45, 7) is 3.97. The van der Waals surface area contributed by atoms with Gasteiger partial charge in [-0.05, 0) is 29.8 Å². The van der Waals surface area contributed by atoms with Crippen molar-refractivity contribution in [1.82, 2.24) is 9.88 Å². The highest BCUT2D eigenvalue weighted by atomic mass is 32.1. The molecule has 33 heavy (non-hydrogen) atoms. The Kier molecular flexibility index (Phi) is 6.21. The van der Waals surface area contributed by atoms with Crippen LogP contribution < -0.4 is 14.4 Å². The lowest BCUT2D eigenvalue weighted by atomic mass is 10.2. The molecule has 1 amide bonds. The molecule has 2 aliphatic rings. The zero-order chi connectivity index (χ0) is 22.8. The van der Waals surface area contributed by atoms with Gasteiger partial charge in [0, 0.05) is 38.3 Å². The highest BCUT2D eigenvalue weighted by Crippen LogP contribution is 2.33. The SMILES string of the molecule is O=C(/C=C/c1ccc2c(c1)OCO2)N(CCN1CCOCC1)c1nc2c(F)cc(F)cc2s1. The number of anilines is 1. The van der Waals surface area contributed by atoms with Crippen molar-refractivity contribution in [3.63, 3.8) is 0 Å². The largest absolute Gasteiger partial charge is 0.454 e. The van der Waals surface area contributed by atoms with E-state index in [1.165, 1.54) is 17.0 Å². The minimum atomic E-state index is -0.746. The second-order valence-electron chi connectivity index (χ2n) is 7.62. The van der Waals surface area contributed by atoms with Gasteiger partial charge in [-0.25, -0.2) is 13.8 Å². The molecule has 10 heteroatoms. The lowest BCUT2D eigenvalue weighted by molar-refractivity contribution is -0.114. The number of benzene rings is 2. The summed E-state index contributed by atoms with van der Waals surface area (Å²) in [5.74, 6) is -0.444. The van der Waals surface area contributed by atoms with Crippen LogP contribution >= 0.6 is 11.3 Å². The quantitative estimate of drug-likeness (QED) is 0.509. The summed E-state index contributed by atoms with van der Waals surface area (Å²) in [6.07, 6.45) is 3.12. The maximum absolute atomic E-state index is 14.2. The number of hydrogen-bond donors (Lipinski definition) is 0. The van der Waals surface area contributed by atoms with E-state index in [0.29, 0.717) is 47.6 Å². The molecular formula is C23H21F2N3O4S. The lowest BCUT2D eigenvalue weighted by Crippen LogP contribution is -2.42. The molecule has 0 radical (unpaired) electrons. The molecule has 0 spiro atoms. The fraction of sp³-hybridized carbons (Fsp3) is 0.304. The van der Waals surface area contributed by atoms with Crippen molar-refractivity contribution < 1.29 is 27.8 Å². The molecule has 7 nitrogen and oxygen atoms in total. The van der Waals surface area contributed by atoms with Crippen molar-refractivity contribution in [1.29, 1.82) is 0 Å². The van der Waals surface area contributed by atoms with E-state index in [2.05, 4.69) is 9.88 Å². The highest BCUT2D eigenvalue weighted by molar-refractivity contribution is 7.22. The summed E-state index contributed by atoms with van der Waals surface area (Å²) in [5.41, 5.74) is 0.832. The molecule has 1 aromatic heterocycles. The first-order chi connectivity index (χ1) is 16.1. The number of aromatic nitrogens is 1. The van der Waals surface area contributed by atoms with Gasteiger partial charge in [0.1, 0.15) is 11.3 Å². The molecule has 1 saturated heterocycles. The average Bonchev–Trinajstić information content (AvgIpc) is 3.45. The van der Waals surface area contributed by atoms with Gasteiger partial charge in [-0.2, -0.15) is 0 Å². The van der Waals surface area contributed by atoms with E-state index in [1.807, 2.05) is 6.07 Å². The van der Waals surface area contributed by atoms with E-state index in [1.54, 1.807) is 18.2 Å². The Labute approximate surface area is 192 Å². The maximum atomic E-state index is 14.2. The number of thiazole rings is 1. The standard InChI is InChI=1S/C23H21F2N3O4S/c24-16-12-17(25)22-20(13-16)33-23(26-22)28(6-5-27-7-9-30-10-8-27)21(29)4-2-15-1-3-18-19(11-15)32-14-31-18/h1-4,11-13H,5-10,14H2/b4-2+. The monoisotopic (exact) mass is 473 g/mol. The van der Waals surface area contributed by atoms with Crippen LogP contribution in [0.4, 0.5) is 13.9 Å². The predicted octanol–water partition coefficient (Wildman–Crippen LogP) is 3.68. The van der Waals surface area contributed by atoms with Gasteiger partial charge in [-0.3, -0.25) is 14.6 Å². The van der Waals surface area contributed by atoms with Gasteiger partial charge in [0.25, 0.3) is 5.91 Å². The van der Waals surface area contributed by atoms with Crippen LogP contribution in [0.25, 0.3) is 16.3 Å². The number of ether oxygens (including phenoxy) is 3. The molecule has 2 aliphatic heterocycles. The average molecular weight is 474 g/mol. The smallest absolute Gasteiger partial charge is 0.252 e. The minimum absolute atomic E-state index is 0.0559. The maximum Gasteiger partial charge on any atom is 0.252 e. The third kappa shape index (κ3) is 4.82. The van der Waals surface area contributed by atoms with Gasteiger partial charge in [-0.1, -0.05) is 17.4 Å². The van der Waals surface area contributed by atoms with E-state index in [9.17, 15) is 13.6 Å². The van der Waals surface area contributed by atoms with E-state index >= 15 is 0 Å². The third-order valence-corrected chi connectivity index (χ3v) is 6.48. The summed E-state index contributed by atoms with van der Waals surface area (Å²) in [7, 11) is 0. The molecule has 3 aromatic rings. The molecule has 5 rings (SSSR count). The van der Waals surface area contributed by atoms with Crippen molar-refractivity contribution >= 4 is 38.7 Å². The van der Waals surface area contributed by atoms with Gasteiger partial charge < -0.3 is 14.2 Å². The Hall–Kier alpha value is -3.08. The second kappa shape index (κ2) is 9.42. The van der Waals surface area contributed by atoms with Crippen LogP contribution in [0.2, 0.25) is 0 Å². The van der Waals surface area contributed by atoms with Gasteiger partial charge in [-0.15, -0.1) is 0 Å². The first-order valence-electron chi connectivity index (χ1n) is 10.5. The summed E-state index contributed by atoms with van der Waals surface area (Å²) in [5, 5.41) is 0.322. The van der Waals surface area contributed by atoms with Crippen LogP contribution in [-0.2, 0) is 9.53 Å². The van der Waals surface area contributed by atoms with Crippen molar-refractivity contribution in [3.8, 4) is 11.5 Å². The van der Waals surface area contributed by atoms with E-state index in [0.717, 1.165) is 36.1 Å². The molecule has 0 bridgehead atoms. The number of nitrogens with zero attached hydrogens (tertiary/aromatic N) is 3. The van der Waals surface area contributed by atoms with E-state index < -0.39 is 11.6 Å². The molecular weight excluding hydrogens is 452 g/mol. The number of fused-ring (bicyclic) bond motifs is 2.